The molecule has 0 amide bonds. The van der Waals surface area contributed by atoms with Crippen LogP contribution in [0.5, 0.6) is 5.75 Å². The van der Waals surface area contributed by atoms with Gasteiger partial charge in [0, 0.05) is 26.2 Å². The third-order valence-corrected chi connectivity index (χ3v) is 4.69. The molecule has 0 aliphatic carbocycles. The fourth-order valence-corrected chi connectivity index (χ4v) is 3.13. The fourth-order valence-electron chi connectivity index (χ4n) is 2.31. The third kappa shape index (κ3) is 3.19. The molecule has 19 heavy (non-hydrogen) atoms. The van der Waals surface area contributed by atoms with Crippen molar-refractivity contribution in [3.8, 4) is 5.75 Å². The highest BCUT2D eigenvalue weighted by Crippen LogP contribution is 2.30. The van der Waals surface area contributed by atoms with Crippen molar-refractivity contribution in [3.05, 3.63) is 23.8 Å². The highest BCUT2D eigenvalue weighted by atomic mass is 32.2. The first-order valence-corrected chi connectivity index (χ1v) is 8.11. The van der Waals surface area contributed by atoms with Gasteiger partial charge in [0.25, 0.3) is 0 Å². The summed E-state index contributed by atoms with van der Waals surface area (Å²) in [5.74, 6) is 0.832. The first kappa shape index (κ1) is 14.1. The van der Waals surface area contributed by atoms with Gasteiger partial charge in [-0.3, -0.25) is 0 Å². The number of methoxy groups -OCH3 is 1. The van der Waals surface area contributed by atoms with Gasteiger partial charge in [0.1, 0.15) is 5.75 Å². The molecule has 106 valence electrons. The normalized spacial score (nSPS) is 17.5. The molecule has 0 atom stereocenters. The number of piperazine rings is 1. The molecule has 0 aromatic heterocycles. The number of aryl methyl sites for hydroxylation is 1. The lowest BCUT2D eigenvalue weighted by Gasteiger charge is -2.35. The first-order chi connectivity index (χ1) is 8.91. The largest absolute Gasteiger partial charge is 0.495 e. The van der Waals surface area contributed by atoms with Gasteiger partial charge in [-0.25, -0.2) is 8.42 Å². The number of nitrogens with zero attached hydrogens (tertiary/aromatic N) is 2. The summed E-state index contributed by atoms with van der Waals surface area (Å²) in [4.78, 5) is 2.17. The Morgan fingerprint density at radius 2 is 1.79 bits per heavy atom. The van der Waals surface area contributed by atoms with Crippen LogP contribution in [0.1, 0.15) is 5.56 Å². The van der Waals surface area contributed by atoms with E-state index in [9.17, 15) is 8.42 Å². The zero-order chi connectivity index (χ0) is 14.0. The molecular weight excluding hydrogens is 264 g/mol. The van der Waals surface area contributed by atoms with Crippen LogP contribution in [0.15, 0.2) is 18.2 Å². The molecule has 1 saturated heterocycles. The minimum atomic E-state index is -3.08. The van der Waals surface area contributed by atoms with E-state index in [1.165, 1.54) is 16.1 Å². The monoisotopic (exact) mass is 284 g/mol. The zero-order valence-corrected chi connectivity index (χ0v) is 12.4. The van der Waals surface area contributed by atoms with E-state index < -0.39 is 10.0 Å². The van der Waals surface area contributed by atoms with E-state index in [0.717, 1.165) is 11.4 Å². The second-order valence-electron chi connectivity index (χ2n) is 4.82. The number of ether oxygens (including phenoxy) is 1. The standard InChI is InChI=1S/C13H20N2O3S/c1-11-4-5-13(18-2)12(10-11)14-6-8-15(9-7-14)19(3,16)17/h4-5,10H,6-9H2,1-3H3. The van der Waals surface area contributed by atoms with Gasteiger partial charge in [0.05, 0.1) is 19.1 Å². The average Bonchev–Trinajstić information content (AvgIpc) is 2.38. The molecule has 0 spiro atoms. The van der Waals surface area contributed by atoms with Gasteiger partial charge in [-0.05, 0) is 24.6 Å². The van der Waals surface area contributed by atoms with E-state index in [-0.39, 0.29) is 0 Å². The van der Waals surface area contributed by atoms with Crippen molar-refractivity contribution in [3.63, 3.8) is 0 Å². The van der Waals surface area contributed by atoms with Crippen molar-refractivity contribution >= 4 is 15.7 Å². The maximum absolute atomic E-state index is 11.5. The molecule has 1 heterocycles. The lowest BCUT2D eigenvalue weighted by atomic mass is 10.1. The highest BCUT2D eigenvalue weighted by Gasteiger charge is 2.24. The Labute approximate surface area is 114 Å². The molecule has 1 aliphatic heterocycles. The molecular formula is C13H20N2O3S. The number of benzene rings is 1. The summed E-state index contributed by atoms with van der Waals surface area (Å²) in [6.45, 7) is 4.46. The molecule has 0 saturated carbocycles. The number of hydrogen-bond acceptors (Lipinski definition) is 4. The summed E-state index contributed by atoms with van der Waals surface area (Å²) < 4.78 is 29.9. The molecule has 0 bridgehead atoms. The van der Waals surface area contributed by atoms with Crippen LogP contribution in [0.4, 0.5) is 5.69 Å². The zero-order valence-electron chi connectivity index (χ0n) is 11.6. The van der Waals surface area contributed by atoms with Gasteiger partial charge in [-0.2, -0.15) is 4.31 Å². The van der Waals surface area contributed by atoms with Crippen molar-refractivity contribution in [1.82, 2.24) is 4.31 Å². The first-order valence-electron chi connectivity index (χ1n) is 6.26. The molecule has 1 aromatic carbocycles. The SMILES string of the molecule is COc1ccc(C)cc1N1CCN(S(C)(=O)=O)CC1. The summed E-state index contributed by atoms with van der Waals surface area (Å²) in [5.41, 5.74) is 2.21. The number of anilines is 1. The molecule has 2 rings (SSSR count). The average molecular weight is 284 g/mol. The summed E-state index contributed by atoms with van der Waals surface area (Å²) in [6.07, 6.45) is 1.26. The Kier molecular flexibility index (Phi) is 4.01. The van der Waals surface area contributed by atoms with E-state index in [1.54, 1.807) is 7.11 Å². The summed E-state index contributed by atoms with van der Waals surface area (Å²) in [5, 5.41) is 0. The van der Waals surface area contributed by atoms with Gasteiger partial charge >= 0.3 is 0 Å². The third-order valence-electron chi connectivity index (χ3n) is 3.38. The smallest absolute Gasteiger partial charge is 0.211 e. The molecule has 1 fully saturated rings. The van der Waals surface area contributed by atoms with E-state index >= 15 is 0 Å². The number of rotatable bonds is 3. The molecule has 6 heteroatoms. The van der Waals surface area contributed by atoms with Crippen LogP contribution in [-0.4, -0.2) is 52.3 Å². The topological polar surface area (TPSA) is 49.9 Å². The van der Waals surface area contributed by atoms with Gasteiger partial charge < -0.3 is 9.64 Å². The van der Waals surface area contributed by atoms with Crippen molar-refractivity contribution in [2.75, 3.05) is 44.4 Å². The Bertz CT molecular complexity index is 549. The minimum absolute atomic E-state index is 0.524. The molecule has 0 N–H and O–H groups in total. The van der Waals surface area contributed by atoms with Crippen LogP contribution in [0.25, 0.3) is 0 Å². The van der Waals surface area contributed by atoms with Crippen LogP contribution in [0.2, 0.25) is 0 Å². The lowest BCUT2D eigenvalue weighted by molar-refractivity contribution is 0.380. The maximum atomic E-state index is 11.5. The summed E-state index contributed by atoms with van der Waals surface area (Å²) >= 11 is 0. The molecule has 1 aliphatic rings. The van der Waals surface area contributed by atoms with Crippen molar-refractivity contribution in [2.45, 2.75) is 6.92 Å². The predicted octanol–water partition coefficient (Wildman–Crippen LogP) is 1.09. The maximum Gasteiger partial charge on any atom is 0.211 e. The Balaban J connectivity index is 2.16. The molecule has 5 nitrogen and oxygen atoms in total. The van der Waals surface area contributed by atoms with Crippen molar-refractivity contribution < 1.29 is 13.2 Å². The lowest BCUT2D eigenvalue weighted by Crippen LogP contribution is -2.48. The van der Waals surface area contributed by atoms with Crippen molar-refractivity contribution in [1.29, 1.82) is 0 Å². The van der Waals surface area contributed by atoms with Crippen LogP contribution >= 0.6 is 0 Å². The Morgan fingerprint density at radius 3 is 2.32 bits per heavy atom. The summed E-state index contributed by atoms with van der Waals surface area (Å²) in [6, 6.07) is 6.04. The number of hydrogen-bond donors (Lipinski definition) is 0. The van der Waals surface area contributed by atoms with Crippen LogP contribution in [-0.2, 0) is 10.0 Å². The predicted molar refractivity (Wildman–Crippen MR) is 76.4 cm³/mol. The number of sulfonamides is 1. The van der Waals surface area contributed by atoms with Gasteiger partial charge in [0.15, 0.2) is 0 Å². The quantitative estimate of drug-likeness (QED) is 0.833. The molecule has 0 unspecified atom stereocenters. The fraction of sp³-hybridized carbons (Fsp3) is 0.538. The Hall–Kier alpha value is -1.27. The second-order valence-corrected chi connectivity index (χ2v) is 6.81. The van der Waals surface area contributed by atoms with E-state index in [4.69, 9.17) is 4.74 Å². The van der Waals surface area contributed by atoms with Crippen molar-refractivity contribution in [2.24, 2.45) is 0 Å². The van der Waals surface area contributed by atoms with E-state index in [0.29, 0.717) is 26.2 Å². The Morgan fingerprint density at radius 1 is 1.16 bits per heavy atom. The highest BCUT2D eigenvalue weighted by molar-refractivity contribution is 7.88. The minimum Gasteiger partial charge on any atom is -0.495 e. The van der Waals surface area contributed by atoms with E-state index in [2.05, 4.69) is 11.0 Å². The summed E-state index contributed by atoms with van der Waals surface area (Å²) in [7, 11) is -1.43. The van der Waals surface area contributed by atoms with Gasteiger partial charge in [0.2, 0.25) is 10.0 Å². The molecule has 1 aromatic rings. The van der Waals surface area contributed by atoms with E-state index in [1.807, 2.05) is 19.1 Å². The van der Waals surface area contributed by atoms with Crippen LogP contribution in [0.3, 0.4) is 0 Å². The van der Waals surface area contributed by atoms with Gasteiger partial charge in [-0.15, -0.1) is 0 Å². The van der Waals surface area contributed by atoms with Crippen LogP contribution in [0, 0.1) is 6.92 Å². The molecule has 0 radical (unpaired) electrons. The second kappa shape index (κ2) is 5.38. The van der Waals surface area contributed by atoms with Gasteiger partial charge in [-0.1, -0.05) is 6.07 Å². The van der Waals surface area contributed by atoms with Crippen LogP contribution < -0.4 is 9.64 Å².